The molecule has 1 aromatic carbocycles. The Bertz CT molecular complexity index is 399. The van der Waals surface area contributed by atoms with Gasteiger partial charge < -0.3 is 5.32 Å². The summed E-state index contributed by atoms with van der Waals surface area (Å²) in [6, 6.07) is 9.36. The lowest BCUT2D eigenvalue weighted by Crippen LogP contribution is -2.25. The summed E-state index contributed by atoms with van der Waals surface area (Å²) in [5.41, 5.74) is 1.43. The molecule has 0 spiro atoms. The van der Waals surface area contributed by atoms with Crippen LogP contribution in [0.25, 0.3) is 0 Å². The minimum Gasteiger partial charge on any atom is -0.353 e. The van der Waals surface area contributed by atoms with Gasteiger partial charge in [0.15, 0.2) is 0 Å². The Hall–Kier alpha value is -1.82. The lowest BCUT2D eigenvalue weighted by Gasteiger charge is -2.02. The number of nitriles is 1. The molecule has 1 fully saturated rings. The highest BCUT2D eigenvalue weighted by Crippen LogP contribution is 2.19. The molecule has 3 nitrogen and oxygen atoms in total. The molecule has 1 radical (unpaired) electrons. The van der Waals surface area contributed by atoms with E-state index >= 15 is 0 Å². The summed E-state index contributed by atoms with van der Waals surface area (Å²) < 4.78 is 0. The van der Waals surface area contributed by atoms with E-state index < -0.39 is 0 Å². The zero-order chi connectivity index (χ0) is 10.7. The standard InChI is InChI=1S/C12H11N2O/c13-8-10-3-1-9(2-4-10)7-12(15)14-11-5-6-11/h1-4,7,11H,5-6H2,(H,14,15). The number of rotatable bonds is 3. The molecule has 1 aromatic rings. The topological polar surface area (TPSA) is 52.9 Å². The van der Waals surface area contributed by atoms with Gasteiger partial charge in [-0.2, -0.15) is 5.26 Å². The summed E-state index contributed by atoms with van der Waals surface area (Å²) in [6.07, 6.45) is 3.74. The van der Waals surface area contributed by atoms with Crippen LogP contribution in [0.4, 0.5) is 0 Å². The second kappa shape index (κ2) is 4.14. The van der Waals surface area contributed by atoms with Crippen molar-refractivity contribution in [3.05, 3.63) is 41.8 Å². The molecule has 0 unspecified atom stereocenters. The van der Waals surface area contributed by atoms with Crippen molar-refractivity contribution in [1.82, 2.24) is 5.32 Å². The van der Waals surface area contributed by atoms with Crippen LogP contribution in [0.3, 0.4) is 0 Å². The average molecular weight is 199 g/mol. The molecule has 0 heterocycles. The molecule has 0 aromatic heterocycles. The molecule has 0 atom stereocenters. The van der Waals surface area contributed by atoms with Gasteiger partial charge in [0.2, 0.25) is 5.91 Å². The van der Waals surface area contributed by atoms with E-state index in [4.69, 9.17) is 5.26 Å². The molecular formula is C12H11N2O. The summed E-state index contributed by atoms with van der Waals surface area (Å²) in [5.74, 6) is -0.0535. The fourth-order valence-corrected chi connectivity index (χ4v) is 1.28. The summed E-state index contributed by atoms with van der Waals surface area (Å²) in [5, 5.41) is 11.5. The van der Waals surface area contributed by atoms with E-state index in [2.05, 4.69) is 5.32 Å². The summed E-state index contributed by atoms with van der Waals surface area (Å²) in [7, 11) is 0. The predicted octanol–water partition coefficient (Wildman–Crippen LogP) is 1.39. The van der Waals surface area contributed by atoms with Crippen LogP contribution < -0.4 is 5.32 Å². The monoisotopic (exact) mass is 199 g/mol. The number of nitrogens with one attached hydrogen (secondary N) is 1. The Kier molecular flexibility index (Phi) is 2.68. The molecular weight excluding hydrogens is 188 g/mol. The molecule has 1 saturated carbocycles. The first kappa shape index (κ1) is 9.72. The first-order valence-corrected chi connectivity index (χ1v) is 4.93. The fraction of sp³-hybridized carbons (Fsp3) is 0.250. The smallest absolute Gasteiger partial charge is 0.228 e. The largest absolute Gasteiger partial charge is 0.353 e. The maximum atomic E-state index is 11.4. The van der Waals surface area contributed by atoms with Crippen molar-refractivity contribution >= 4 is 5.91 Å². The molecule has 1 amide bonds. The van der Waals surface area contributed by atoms with Crippen molar-refractivity contribution in [2.75, 3.05) is 0 Å². The van der Waals surface area contributed by atoms with Crippen LogP contribution in [0.2, 0.25) is 0 Å². The first-order valence-electron chi connectivity index (χ1n) is 4.93. The van der Waals surface area contributed by atoms with E-state index in [0.717, 1.165) is 18.4 Å². The van der Waals surface area contributed by atoms with Gasteiger partial charge in [-0.1, -0.05) is 12.1 Å². The van der Waals surface area contributed by atoms with Crippen LogP contribution >= 0.6 is 0 Å². The molecule has 2 rings (SSSR count). The Morgan fingerprint density at radius 1 is 1.40 bits per heavy atom. The van der Waals surface area contributed by atoms with Gasteiger partial charge in [-0.3, -0.25) is 4.79 Å². The zero-order valence-corrected chi connectivity index (χ0v) is 8.23. The zero-order valence-electron chi connectivity index (χ0n) is 8.23. The predicted molar refractivity (Wildman–Crippen MR) is 55.7 cm³/mol. The summed E-state index contributed by atoms with van der Waals surface area (Å²) in [6.45, 7) is 0. The van der Waals surface area contributed by atoms with Crippen LogP contribution in [0.1, 0.15) is 24.0 Å². The highest BCUT2D eigenvalue weighted by molar-refractivity contribution is 5.88. The lowest BCUT2D eigenvalue weighted by atomic mass is 10.1. The van der Waals surface area contributed by atoms with E-state index in [1.54, 1.807) is 30.7 Å². The molecule has 1 aliphatic carbocycles. The second-order valence-corrected chi connectivity index (χ2v) is 3.66. The fourth-order valence-electron chi connectivity index (χ4n) is 1.28. The molecule has 1 N–H and O–H groups in total. The second-order valence-electron chi connectivity index (χ2n) is 3.66. The maximum Gasteiger partial charge on any atom is 0.228 e. The number of benzene rings is 1. The van der Waals surface area contributed by atoms with Crippen molar-refractivity contribution in [3.63, 3.8) is 0 Å². The van der Waals surface area contributed by atoms with Gasteiger partial charge in [-0.05, 0) is 30.5 Å². The van der Waals surface area contributed by atoms with Gasteiger partial charge in [0, 0.05) is 6.04 Å². The van der Waals surface area contributed by atoms with Crippen LogP contribution in [0.15, 0.2) is 24.3 Å². The highest BCUT2D eigenvalue weighted by Gasteiger charge is 2.23. The van der Waals surface area contributed by atoms with Gasteiger partial charge >= 0.3 is 0 Å². The SMILES string of the molecule is N#Cc1ccc([CH]C(=O)NC2CC2)cc1. The number of hydrogen-bond donors (Lipinski definition) is 1. The van der Waals surface area contributed by atoms with Gasteiger partial charge in [0.05, 0.1) is 18.1 Å². The van der Waals surface area contributed by atoms with E-state index in [0.29, 0.717) is 11.6 Å². The van der Waals surface area contributed by atoms with E-state index in [-0.39, 0.29) is 5.91 Å². The Labute approximate surface area is 88.7 Å². The Balaban J connectivity index is 1.92. The van der Waals surface area contributed by atoms with Crippen LogP contribution in [-0.4, -0.2) is 11.9 Å². The molecule has 0 bridgehead atoms. The van der Waals surface area contributed by atoms with Crippen molar-refractivity contribution in [3.8, 4) is 6.07 Å². The van der Waals surface area contributed by atoms with Gasteiger partial charge in [0.1, 0.15) is 0 Å². The molecule has 1 aliphatic rings. The normalized spacial score (nSPS) is 14.3. The third-order valence-corrected chi connectivity index (χ3v) is 2.26. The van der Waals surface area contributed by atoms with Crippen molar-refractivity contribution < 1.29 is 4.79 Å². The van der Waals surface area contributed by atoms with Gasteiger partial charge in [-0.15, -0.1) is 0 Å². The average Bonchev–Trinajstić information content (AvgIpc) is 3.03. The lowest BCUT2D eigenvalue weighted by molar-refractivity contribution is -0.117. The number of amides is 1. The van der Waals surface area contributed by atoms with Crippen molar-refractivity contribution in [2.45, 2.75) is 18.9 Å². The maximum absolute atomic E-state index is 11.4. The highest BCUT2D eigenvalue weighted by atomic mass is 16.1. The quantitative estimate of drug-likeness (QED) is 0.799. The van der Waals surface area contributed by atoms with Crippen molar-refractivity contribution in [1.29, 1.82) is 5.26 Å². The molecule has 0 saturated heterocycles. The summed E-state index contributed by atoms with van der Waals surface area (Å²) in [4.78, 5) is 11.4. The third kappa shape index (κ3) is 2.81. The van der Waals surface area contributed by atoms with Gasteiger partial charge in [-0.25, -0.2) is 0 Å². The third-order valence-electron chi connectivity index (χ3n) is 2.26. The Morgan fingerprint density at radius 3 is 2.60 bits per heavy atom. The number of nitrogens with zero attached hydrogens (tertiary/aromatic N) is 1. The van der Waals surface area contributed by atoms with Crippen molar-refractivity contribution in [2.24, 2.45) is 0 Å². The minimum atomic E-state index is -0.0535. The molecule has 75 valence electrons. The Morgan fingerprint density at radius 2 is 2.07 bits per heavy atom. The van der Waals surface area contributed by atoms with Crippen LogP contribution in [0.5, 0.6) is 0 Å². The van der Waals surface area contributed by atoms with E-state index in [1.807, 2.05) is 6.07 Å². The molecule has 3 heteroatoms. The number of carbonyl (C=O) groups excluding carboxylic acids is 1. The molecule has 0 aliphatic heterocycles. The van der Waals surface area contributed by atoms with Crippen LogP contribution in [-0.2, 0) is 4.79 Å². The van der Waals surface area contributed by atoms with E-state index in [9.17, 15) is 4.79 Å². The minimum absolute atomic E-state index is 0.0535. The van der Waals surface area contributed by atoms with Gasteiger partial charge in [0.25, 0.3) is 0 Å². The summed E-state index contributed by atoms with van der Waals surface area (Å²) >= 11 is 0. The first-order chi connectivity index (χ1) is 7.28. The number of carbonyl (C=O) groups is 1. The molecule has 15 heavy (non-hydrogen) atoms. The van der Waals surface area contributed by atoms with Crippen LogP contribution in [0, 0.1) is 17.8 Å². The van der Waals surface area contributed by atoms with E-state index in [1.165, 1.54) is 0 Å². The number of hydrogen-bond acceptors (Lipinski definition) is 2.